The van der Waals surface area contributed by atoms with Crippen molar-refractivity contribution in [3.05, 3.63) is 0 Å². The van der Waals surface area contributed by atoms with Crippen molar-refractivity contribution in [1.82, 2.24) is 4.90 Å². The van der Waals surface area contributed by atoms with Crippen molar-refractivity contribution in [3.8, 4) is 0 Å². The maximum absolute atomic E-state index is 11.3. The van der Waals surface area contributed by atoms with Crippen molar-refractivity contribution < 1.29 is 9.90 Å². The van der Waals surface area contributed by atoms with Gasteiger partial charge in [0.2, 0.25) is 0 Å². The van der Waals surface area contributed by atoms with E-state index >= 15 is 0 Å². The van der Waals surface area contributed by atoms with Gasteiger partial charge in [-0.05, 0) is 31.2 Å². The molecule has 1 rings (SSSR count). The third-order valence-corrected chi connectivity index (χ3v) is 3.94. The molecular weight excluding hydrogens is 202 g/mol. The molecule has 1 saturated heterocycles. The number of hydrogen-bond acceptors (Lipinski definition) is 2. The first kappa shape index (κ1) is 13.5. The van der Waals surface area contributed by atoms with Crippen LogP contribution in [0.3, 0.4) is 0 Å². The Bertz CT molecular complexity index is 226. The number of carbonyl (C=O) groups is 1. The van der Waals surface area contributed by atoms with E-state index in [1.807, 2.05) is 0 Å². The molecule has 0 aromatic heterocycles. The molecule has 1 fully saturated rings. The second kappa shape index (κ2) is 6.24. The molecule has 0 radical (unpaired) electrons. The maximum atomic E-state index is 11.3. The summed E-state index contributed by atoms with van der Waals surface area (Å²) in [4.78, 5) is 13.5. The lowest BCUT2D eigenvalue weighted by Crippen LogP contribution is -2.50. The molecule has 0 aliphatic carbocycles. The summed E-state index contributed by atoms with van der Waals surface area (Å²) in [6, 6.07) is -0.255. The Kier molecular flexibility index (Phi) is 5.26. The van der Waals surface area contributed by atoms with Crippen LogP contribution >= 0.6 is 0 Å². The zero-order valence-electron chi connectivity index (χ0n) is 10.8. The summed E-state index contributed by atoms with van der Waals surface area (Å²) in [5.74, 6) is 0.297. The van der Waals surface area contributed by atoms with E-state index in [9.17, 15) is 9.90 Å². The number of aliphatic carboxylic acids is 1. The highest BCUT2D eigenvalue weighted by Crippen LogP contribution is 2.25. The average Bonchev–Trinajstić information content (AvgIpc) is 2.25. The van der Waals surface area contributed by atoms with Gasteiger partial charge in [0.25, 0.3) is 0 Å². The summed E-state index contributed by atoms with van der Waals surface area (Å²) in [7, 11) is 0. The number of nitrogens with zero attached hydrogens (tertiary/aromatic N) is 1. The van der Waals surface area contributed by atoms with E-state index in [-0.39, 0.29) is 6.04 Å². The van der Waals surface area contributed by atoms with Gasteiger partial charge in [-0.1, -0.05) is 33.6 Å². The molecule has 0 aromatic rings. The van der Waals surface area contributed by atoms with Crippen molar-refractivity contribution in [3.63, 3.8) is 0 Å². The van der Waals surface area contributed by atoms with Crippen molar-refractivity contribution in [2.75, 3.05) is 13.1 Å². The SMILES string of the molecule is CCC(CC)CN1CCCC(C)C1C(=O)O. The maximum Gasteiger partial charge on any atom is 0.321 e. The van der Waals surface area contributed by atoms with E-state index in [0.717, 1.165) is 38.8 Å². The van der Waals surface area contributed by atoms with E-state index in [2.05, 4.69) is 25.7 Å². The Morgan fingerprint density at radius 1 is 1.44 bits per heavy atom. The molecule has 0 amide bonds. The minimum absolute atomic E-state index is 0.255. The highest BCUT2D eigenvalue weighted by atomic mass is 16.4. The lowest BCUT2D eigenvalue weighted by atomic mass is 9.89. The number of rotatable bonds is 5. The van der Waals surface area contributed by atoms with E-state index in [1.54, 1.807) is 0 Å². The molecular formula is C13H25NO2. The van der Waals surface area contributed by atoms with Crippen LogP contribution in [0.15, 0.2) is 0 Å². The zero-order valence-corrected chi connectivity index (χ0v) is 10.8. The van der Waals surface area contributed by atoms with Crippen molar-refractivity contribution in [2.45, 2.75) is 52.5 Å². The molecule has 1 aliphatic rings. The first-order chi connectivity index (χ1) is 7.60. The molecule has 0 bridgehead atoms. The van der Waals surface area contributed by atoms with Crippen LogP contribution < -0.4 is 0 Å². The second-order valence-corrected chi connectivity index (χ2v) is 5.08. The number of carboxylic acid groups (broad SMARTS) is 1. The third kappa shape index (κ3) is 3.21. The third-order valence-electron chi connectivity index (χ3n) is 3.94. The lowest BCUT2D eigenvalue weighted by molar-refractivity contribution is -0.147. The largest absolute Gasteiger partial charge is 0.480 e. The van der Waals surface area contributed by atoms with Gasteiger partial charge in [0.05, 0.1) is 0 Å². The summed E-state index contributed by atoms with van der Waals surface area (Å²) in [5.41, 5.74) is 0. The van der Waals surface area contributed by atoms with Crippen LogP contribution in [0.25, 0.3) is 0 Å². The molecule has 2 unspecified atom stereocenters. The van der Waals surface area contributed by atoms with Gasteiger partial charge in [-0.2, -0.15) is 0 Å². The predicted octanol–water partition coefficient (Wildman–Crippen LogP) is 2.61. The Labute approximate surface area is 98.8 Å². The summed E-state index contributed by atoms with van der Waals surface area (Å²) in [6.07, 6.45) is 4.49. The smallest absolute Gasteiger partial charge is 0.321 e. The molecule has 3 heteroatoms. The summed E-state index contributed by atoms with van der Waals surface area (Å²) in [6.45, 7) is 8.36. The summed E-state index contributed by atoms with van der Waals surface area (Å²) < 4.78 is 0. The van der Waals surface area contributed by atoms with Gasteiger partial charge in [-0.15, -0.1) is 0 Å². The minimum atomic E-state index is -0.641. The van der Waals surface area contributed by atoms with Gasteiger partial charge in [0.15, 0.2) is 0 Å². The fraction of sp³-hybridized carbons (Fsp3) is 0.923. The molecule has 16 heavy (non-hydrogen) atoms. The minimum Gasteiger partial charge on any atom is -0.480 e. The summed E-state index contributed by atoms with van der Waals surface area (Å²) in [5, 5.41) is 9.30. The van der Waals surface area contributed by atoms with Crippen LogP contribution in [0, 0.1) is 11.8 Å². The second-order valence-electron chi connectivity index (χ2n) is 5.08. The van der Waals surface area contributed by atoms with Crippen molar-refractivity contribution in [2.24, 2.45) is 11.8 Å². The average molecular weight is 227 g/mol. The molecule has 1 N–H and O–H groups in total. The van der Waals surface area contributed by atoms with Gasteiger partial charge in [-0.3, -0.25) is 9.69 Å². The number of likely N-dealkylation sites (tertiary alicyclic amines) is 1. The van der Waals surface area contributed by atoms with Crippen LogP contribution in [0.1, 0.15) is 46.5 Å². The van der Waals surface area contributed by atoms with E-state index in [0.29, 0.717) is 11.8 Å². The molecule has 0 spiro atoms. The summed E-state index contributed by atoms with van der Waals surface area (Å²) >= 11 is 0. The Morgan fingerprint density at radius 2 is 2.06 bits per heavy atom. The van der Waals surface area contributed by atoms with Crippen LogP contribution in [0.2, 0.25) is 0 Å². The molecule has 2 atom stereocenters. The van der Waals surface area contributed by atoms with Gasteiger partial charge < -0.3 is 5.11 Å². The number of carboxylic acids is 1. The molecule has 0 saturated carbocycles. The topological polar surface area (TPSA) is 40.5 Å². The van der Waals surface area contributed by atoms with Crippen LogP contribution in [0.4, 0.5) is 0 Å². The van der Waals surface area contributed by atoms with Gasteiger partial charge in [-0.25, -0.2) is 0 Å². The van der Waals surface area contributed by atoms with Crippen molar-refractivity contribution in [1.29, 1.82) is 0 Å². The van der Waals surface area contributed by atoms with Gasteiger partial charge >= 0.3 is 5.97 Å². The fourth-order valence-corrected chi connectivity index (χ4v) is 2.76. The monoisotopic (exact) mass is 227 g/mol. The number of hydrogen-bond donors (Lipinski definition) is 1. The molecule has 3 nitrogen and oxygen atoms in total. The standard InChI is InChI=1S/C13H25NO2/c1-4-11(5-2)9-14-8-6-7-10(3)12(14)13(15)16/h10-12H,4-9H2,1-3H3,(H,15,16). The van der Waals surface area contributed by atoms with Gasteiger partial charge in [0.1, 0.15) is 6.04 Å². The van der Waals surface area contributed by atoms with E-state index in [1.165, 1.54) is 0 Å². The first-order valence-corrected chi connectivity index (χ1v) is 6.56. The molecule has 1 aliphatic heterocycles. The fourth-order valence-electron chi connectivity index (χ4n) is 2.76. The van der Waals surface area contributed by atoms with Crippen LogP contribution in [-0.4, -0.2) is 35.1 Å². The normalized spacial score (nSPS) is 27.2. The first-order valence-electron chi connectivity index (χ1n) is 6.56. The lowest BCUT2D eigenvalue weighted by Gasteiger charge is -2.38. The molecule has 0 aromatic carbocycles. The molecule has 94 valence electrons. The predicted molar refractivity (Wildman–Crippen MR) is 65.5 cm³/mol. The van der Waals surface area contributed by atoms with Crippen LogP contribution in [-0.2, 0) is 4.79 Å². The Balaban J connectivity index is 2.64. The number of piperidine rings is 1. The quantitative estimate of drug-likeness (QED) is 0.785. The Hall–Kier alpha value is -0.570. The highest BCUT2D eigenvalue weighted by molar-refractivity contribution is 5.74. The van der Waals surface area contributed by atoms with Crippen LogP contribution in [0.5, 0.6) is 0 Å². The Morgan fingerprint density at radius 3 is 2.56 bits per heavy atom. The zero-order chi connectivity index (χ0) is 12.1. The van der Waals surface area contributed by atoms with Gasteiger partial charge in [0, 0.05) is 6.54 Å². The van der Waals surface area contributed by atoms with Crippen molar-refractivity contribution >= 4 is 5.97 Å². The van der Waals surface area contributed by atoms with E-state index < -0.39 is 5.97 Å². The molecule has 1 heterocycles. The highest BCUT2D eigenvalue weighted by Gasteiger charge is 2.34. The van der Waals surface area contributed by atoms with E-state index in [4.69, 9.17) is 0 Å².